The number of nitrogens with zero attached hydrogens (tertiary/aromatic N) is 1. The highest BCUT2D eigenvalue weighted by Gasteiger charge is 2.33. The number of allylic oxidation sites excluding steroid dienone is 3. The lowest BCUT2D eigenvalue weighted by molar-refractivity contribution is 0.129. The number of hydrogen-bond acceptors (Lipinski definition) is 2. The molecule has 1 amide bonds. The Morgan fingerprint density at radius 2 is 2.05 bits per heavy atom. The van der Waals surface area contributed by atoms with Gasteiger partial charge < -0.3 is 4.74 Å². The minimum Gasteiger partial charge on any atom is -0.444 e. The zero-order valence-electron chi connectivity index (χ0n) is 13.0. The molecule has 0 radical (unpaired) electrons. The Morgan fingerprint density at radius 1 is 1.25 bits per heavy atom. The number of carbonyl (C=O) groups is 1. The quantitative estimate of drug-likeness (QED) is 0.669. The molecule has 3 nitrogen and oxygen atoms in total. The monoisotopic (exact) mass is 277 g/mol. The topological polar surface area (TPSA) is 29.5 Å². The third-order valence-corrected chi connectivity index (χ3v) is 4.40. The van der Waals surface area contributed by atoms with Crippen molar-refractivity contribution in [2.45, 2.75) is 59.0 Å². The van der Waals surface area contributed by atoms with E-state index in [2.05, 4.69) is 39.0 Å². The first kappa shape index (κ1) is 15.1. The van der Waals surface area contributed by atoms with Gasteiger partial charge in [0.1, 0.15) is 6.10 Å². The molecule has 0 spiro atoms. The van der Waals surface area contributed by atoms with E-state index < -0.39 is 0 Å². The highest BCUT2D eigenvalue weighted by molar-refractivity contribution is 5.73. The molecule has 3 unspecified atom stereocenters. The van der Waals surface area contributed by atoms with Crippen molar-refractivity contribution in [1.82, 2.24) is 4.90 Å². The molecule has 1 aliphatic carbocycles. The SMILES string of the molecule is CCCCCCC1CN(C2=CC(C)C(C)C=C2)C(=O)O1. The number of unbranched alkanes of at least 4 members (excludes halogenated alkanes) is 3. The first-order chi connectivity index (χ1) is 9.61. The van der Waals surface area contributed by atoms with Gasteiger partial charge in [0, 0.05) is 5.70 Å². The van der Waals surface area contributed by atoms with E-state index >= 15 is 0 Å². The highest BCUT2D eigenvalue weighted by atomic mass is 16.6. The lowest BCUT2D eigenvalue weighted by Crippen LogP contribution is -2.26. The largest absolute Gasteiger partial charge is 0.444 e. The van der Waals surface area contributed by atoms with Crippen molar-refractivity contribution >= 4 is 6.09 Å². The van der Waals surface area contributed by atoms with Gasteiger partial charge in [-0.05, 0) is 30.8 Å². The Balaban J connectivity index is 1.87. The van der Waals surface area contributed by atoms with E-state index in [9.17, 15) is 4.79 Å². The average Bonchev–Trinajstić information content (AvgIpc) is 2.79. The first-order valence-electron chi connectivity index (χ1n) is 8.00. The maximum absolute atomic E-state index is 12.0. The van der Waals surface area contributed by atoms with Crippen LogP contribution in [0.5, 0.6) is 0 Å². The van der Waals surface area contributed by atoms with Gasteiger partial charge in [0.05, 0.1) is 6.54 Å². The van der Waals surface area contributed by atoms with Crippen LogP contribution in [0.15, 0.2) is 23.9 Å². The van der Waals surface area contributed by atoms with Crippen molar-refractivity contribution in [3.8, 4) is 0 Å². The van der Waals surface area contributed by atoms with Gasteiger partial charge in [0.15, 0.2) is 0 Å². The van der Waals surface area contributed by atoms with E-state index in [-0.39, 0.29) is 12.2 Å². The fourth-order valence-corrected chi connectivity index (χ4v) is 2.76. The maximum atomic E-state index is 12.0. The van der Waals surface area contributed by atoms with Crippen molar-refractivity contribution in [3.63, 3.8) is 0 Å². The smallest absolute Gasteiger partial charge is 0.414 e. The van der Waals surface area contributed by atoms with Crippen LogP contribution in [0.25, 0.3) is 0 Å². The van der Waals surface area contributed by atoms with Crippen molar-refractivity contribution in [2.75, 3.05) is 6.54 Å². The van der Waals surface area contributed by atoms with E-state index in [1.54, 1.807) is 4.90 Å². The van der Waals surface area contributed by atoms with Crippen LogP contribution in [0.2, 0.25) is 0 Å². The van der Waals surface area contributed by atoms with Gasteiger partial charge in [0.25, 0.3) is 0 Å². The first-order valence-corrected chi connectivity index (χ1v) is 8.00. The summed E-state index contributed by atoms with van der Waals surface area (Å²) in [6.07, 6.45) is 12.2. The summed E-state index contributed by atoms with van der Waals surface area (Å²) in [6, 6.07) is 0. The van der Waals surface area contributed by atoms with Crippen molar-refractivity contribution in [1.29, 1.82) is 0 Å². The van der Waals surface area contributed by atoms with Crippen molar-refractivity contribution in [3.05, 3.63) is 23.9 Å². The third-order valence-electron chi connectivity index (χ3n) is 4.40. The summed E-state index contributed by atoms with van der Waals surface area (Å²) in [7, 11) is 0. The third kappa shape index (κ3) is 3.65. The van der Waals surface area contributed by atoms with Crippen molar-refractivity contribution in [2.24, 2.45) is 11.8 Å². The van der Waals surface area contributed by atoms with E-state index in [1.807, 2.05) is 0 Å². The number of amides is 1. The molecule has 2 aliphatic rings. The van der Waals surface area contributed by atoms with Crippen LogP contribution >= 0.6 is 0 Å². The molecule has 112 valence electrons. The van der Waals surface area contributed by atoms with Gasteiger partial charge in [-0.2, -0.15) is 0 Å². The van der Waals surface area contributed by atoms with Crippen LogP contribution in [-0.2, 0) is 4.74 Å². The van der Waals surface area contributed by atoms with E-state index in [4.69, 9.17) is 4.74 Å². The van der Waals surface area contributed by atoms with E-state index in [0.29, 0.717) is 18.4 Å². The Labute approximate surface area is 122 Å². The second-order valence-corrected chi connectivity index (χ2v) is 6.13. The summed E-state index contributed by atoms with van der Waals surface area (Å²) in [5, 5.41) is 0. The molecule has 0 aromatic carbocycles. The van der Waals surface area contributed by atoms with E-state index in [1.165, 1.54) is 19.3 Å². The zero-order valence-corrected chi connectivity index (χ0v) is 13.0. The van der Waals surface area contributed by atoms with Crippen LogP contribution in [0.4, 0.5) is 4.79 Å². The summed E-state index contributed by atoms with van der Waals surface area (Å²) in [4.78, 5) is 13.8. The number of hydrogen-bond donors (Lipinski definition) is 0. The van der Waals surface area contributed by atoms with Gasteiger partial charge in [-0.25, -0.2) is 4.79 Å². The lowest BCUT2D eigenvalue weighted by Gasteiger charge is -2.23. The Hall–Kier alpha value is -1.25. The highest BCUT2D eigenvalue weighted by Crippen LogP contribution is 2.28. The number of ether oxygens (including phenoxy) is 1. The molecule has 0 bridgehead atoms. The second kappa shape index (κ2) is 6.96. The average molecular weight is 277 g/mol. The predicted molar refractivity (Wildman–Crippen MR) is 81.3 cm³/mol. The zero-order chi connectivity index (χ0) is 14.5. The van der Waals surface area contributed by atoms with Crippen LogP contribution in [0.3, 0.4) is 0 Å². The van der Waals surface area contributed by atoms with Gasteiger partial charge in [0.2, 0.25) is 0 Å². The molecular formula is C17H27NO2. The Kier molecular flexibility index (Phi) is 5.27. The fraction of sp³-hybridized carbons (Fsp3) is 0.706. The van der Waals surface area contributed by atoms with Gasteiger partial charge in [-0.1, -0.05) is 52.2 Å². The summed E-state index contributed by atoms with van der Waals surface area (Å²) >= 11 is 0. The lowest BCUT2D eigenvalue weighted by atomic mass is 9.90. The van der Waals surface area contributed by atoms with Gasteiger partial charge >= 0.3 is 6.09 Å². The molecule has 3 heteroatoms. The molecule has 1 aliphatic heterocycles. The molecule has 0 N–H and O–H groups in total. The van der Waals surface area contributed by atoms with Crippen LogP contribution in [0, 0.1) is 11.8 Å². The molecular weight excluding hydrogens is 250 g/mol. The predicted octanol–water partition coefficient (Wildman–Crippen LogP) is 4.50. The van der Waals surface area contributed by atoms with Gasteiger partial charge in [-0.15, -0.1) is 0 Å². The molecule has 1 heterocycles. The van der Waals surface area contributed by atoms with Crippen LogP contribution in [0.1, 0.15) is 52.9 Å². The van der Waals surface area contributed by atoms with Crippen LogP contribution < -0.4 is 0 Å². The Bertz CT molecular complexity index is 400. The maximum Gasteiger partial charge on any atom is 0.414 e. The minimum absolute atomic E-state index is 0.0725. The fourth-order valence-electron chi connectivity index (χ4n) is 2.76. The summed E-state index contributed by atoms with van der Waals surface area (Å²) in [6.45, 7) is 7.31. The van der Waals surface area contributed by atoms with E-state index in [0.717, 1.165) is 18.5 Å². The molecule has 0 aromatic rings. The number of rotatable bonds is 6. The van der Waals surface area contributed by atoms with Crippen molar-refractivity contribution < 1.29 is 9.53 Å². The summed E-state index contributed by atoms with van der Waals surface area (Å²) in [5.41, 5.74) is 1.01. The number of carbonyl (C=O) groups excluding carboxylic acids is 1. The second-order valence-electron chi connectivity index (χ2n) is 6.13. The molecule has 1 saturated heterocycles. The molecule has 2 rings (SSSR count). The molecule has 0 saturated carbocycles. The number of cyclic esters (lactones) is 1. The minimum atomic E-state index is -0.178. The molecule has 20 heavy (non-hydrogen) atoms. The summed E-state index contributed by atoms with van der Waals surface area (Å²) < 4.78 is 5.48. The molecule has 1 fully saturated rings. The van der Waals surface area contributed by atoms with Gasteiger partial charge in [-0.3, -0.25) is 4.90 Å². The van der Waals surface area contributed by atoms with Crippen LogP contribution in [-0.4, -0.2) is 23.6 Å². The standard InChI is InChI=1S/C17H27NO2/c1-4-5-6-7-8-16-12-18(17(19)20-16)15-10-9-13(2)14(3)11-15/h9-11,13-14,16H,4-8,12H2,1-3H3. The summed E-state index contributed by atoms with van der Waals surface area (Å²) in [5.74, 6) is 1.02. The normalized spacial score (nSPS) is 29.6. The Morgan fingerprint density at radius 3 is 2.75 bits per heavy atom. The molecule has 3 atom stereocenters. The molecule has 0 aromatic heterocycles.